The summed E-state index contributed by atoms with van der Waals surface area (Å²) in [6, 6.07) is 0. The Morgan fingerprint density at radius 1 is 1.27 bits per heavy atom. The van der Waals surface area contributed by atoms with Gasteiger partial charge in [-0.15, -0.1) is 0 Å². The average molecular weight is 154 g/mol. The maximum atomic E-state index is 2.57. The van der Waals surface area contributed by atoms with E-state index in [4.69, 9.17) is 0 Å². The predicted molar refractivity (Wildman–Crippen MR) is 46.7 cm³/mol. The Balaban J connectivity index is 1.97. The van der Waals surface area contributed by atoms with Crippen molar-refractivity contribution in [3.63, 3.8) is 0 Å². The van der Waals surface area contributed by atoms with Gasteiger partial charge >= 0.3 is 0 Å². The SMILES string of the molecule is CCN1CCC2(CCN2C)C1. The zero-order chi connectivity index (χ0) is 7.90. The molecule has 2 heterocycles. The molecule has 0 aromatic rings. The minimum absolute atomic E-state index is 0.607. The van der Waals surface area contributed by atoms with Crippen LogP contribution in [-0.4, -0.2) is 48.6 Å². The summed E-state index contributed by atoms with van der Waals surface area (Å²) in [5.74, 6) is 0. The Kier molecular flexibility index (Phi) is 1.69. The van der Waals surface area contributed by atoms with Crippen LogP contribution in [0, 0.1) is 0 Å². The molecule has 2 heteroatoms. The molecule has 2 fully saturated rings. The standard InChI is InChI=1S/C9H18N2/c1-3-11-7-5-9(8-11)4-6-10(9)2/h3-8H2,1-2H3. The smallest absolute Gasteiger partial charge is 0.0357 e. The Bertz CT molecular complexity index is 158. The van der Waals surface area contributed by atoms with Gasteiger partial charge in [0.15, 0.2) is 0 Å². The van der Waals surface area contributed by atoms with Crippen LogP contribution in [0.2, 0.25) is 0 Å². The highest BCUT2D eigenvalue weighted by atomic mass is 15.3. The van der Waals surface area contributed by atoms with Gasteiger partial charge in [0.05, 0.1) is 0 Å². The molecule has 0 aliphatic carbocycles. The number of likely N-dealkylation sites (N-methyl/N-ethyl adjacent to an activating group) is 2. The lowest BCUT2D eigenvalue weighted by atomic mass is 9.85. The molecule has 0 aromatic carbocycles. The van der Waals surface area contributed by atoms with E-state index in [1.54, 1.807) is 0 Å². The Labute approximate surface area is 69.2 Å². The molecule has 1 spiro atoms. The number of hydrogen-bond donors (Lipinski definition) is 0. The zero-order valence-corrected chi connectivity index (χ0v) is 7.64. The second-order valence-electron chi connectivity index (χ2n) is 4.01. The maximum Gasteiger partial charge on any atom is 0.0357 e. The van der Waals surface area contributed by atoms with Gasteiger partial charge in [-0.1, -0.05) is 6.92 Å². The second-order valence-corrected chi connectivity index (χ2v) is 4.01. The third kappa shape index (κ3) is 1.00. The minimum Gasteiger partial charge on any atom is -0.302 e. The predicted octanol–water partition coefficient (Wildman–Crippen LogP) is 0.786. The average Bonchev–Trinajstić information content (AvgIpc) is 2.47. The van der Waals surface area contributed by atoms with Crippen LogP contribution in [0.1, 0.15) is 19.8 Å². The van der Waals surface area contributed by atoms with Gasteiger partial charge in [-0.2, -0.15) is 0 Å². The van der Waals surface area contributed by atoms with Crippen LogP contribution >= 0.6 is 0 Å². The maximum absolute atomic E-state index is 2.57. The molecular weight excluding hydrogens is 136 g/mol. The number of rotatable bonds is 1. The molecule has 0 radical (unpaired) electrons. The molecular formula is C9H18N2. The van der Waals surface area contributed by atoms with Crippen molar-refractivity contribution >= 4 is 0 Å². The van der Waals surface area contributed by atoms with Crippen LogP contribution in [0.3, 0.4) is 0 Å². The van der Waals surface area contributed by atoms with E-state index >= 15 is 0 Å². The number of hydrogen-bond acceptors (Lipinski definition) is 2. The second kappa shape index (κ2) is 2.46. The van der Waals surface area contributed by atoms with E-state index in [2.05, 4.69) is 23.8 Å². The quantitative estimate of drug-likeness (QED) is 0.551. The van der Waals surface area contributed by atoms with Gasteiger partial charge in [-0.05, 0) is 26.4 Å². The van der Waals surface area contributed by atoms with E-state index in [-0.39, 0.29) is 0 Å². The summed E-state index contributed by atoms with van der Waals surface area (Å²) in [5.41, 5.74) is 0.607. The van der Waals surface area contributed by atoms with Gasteiger partial charge in [0.25, 0.3) is 0 Å². The summed E-state index contributed by atoms with van der Waals surface area (Å²) in [4.78, 5) is 5.10. The van der Waals surface area contributed by atoms with Crippen molar-refractivity contribution in [2.75, 3.05) is 33.2 Å². The van der Waals surface area contributed by atoms with Gasteiger partial charge in [0.2, 0.25) is 0 Å². The molecule has 11 heavy (non-hydrogen) atoms. The third-order valence-electron chi connectivity index (χ3n) is 3.58. The van der Waals surface area contributed by atoms with E-state index < -0.39 is 0 Å². The van der Waals surface area contributed by atoms with Crippen LogP contribution in [0.25, 0.3) is 0 Å². The van der Waals surface area contributed by atoms with Crippen molar-refractivity contribution in [2.24, 2.45) is 0 Å². The largest absolute Gasteiger partial charge is 0.302 e. The Morgan fingerprint density at radius 3 is 2.27 bits per heavy atom. The van der Waals surface area contributed by atoms with Crippen molar-refractivity contribution in [3.8, 4) is 0 Å². The molecule has 2 aliphatic heterocycles. The van der Waals surface area contributed by atoms with Gasteiger partial charge in [0.1, 0.15) is 0 Å². The summed E-state index contributed by atoms with van der Waals surface area (Å²) in [6.07, 6.45) is 2.83. The molecule has 0 saturated carbocycles. The van der Waals surface area contributed by atoms with Crippen LogP contribution in [0.5, 0.6) is 0 Å². The minimum atomic E-state index is 0.607. The topological polar surface area (TPSA) is 6.48 Å². The van der Waals surface area contributed by atoms with Crippen molar-refractivity contribution in [3.05, 3.63) is 0 Å². The van der Waals surface area contributed by atoms with E-state index in [1.807, 2.05) is 0 Å². The Morgan fingerprint density at radius 2 is 2.00 bits per heavy atom. The summed E-state index contributed by atoms with van der Waals surface area (Å²) >= 11 is 0. The first-order chi connectivity index (χ1) is 5.27. The fourth-order valence-corrected chi connectivity index (χ4v) is 2.38. The van der Waals surface area contributed by atoms with Gasteiger partial charge < -0.3 is 4.90 Å². The highest BCUT2D eigenvalue weighted by molar-refractivity contribution is 5.04. The van der Waals surface area contributed by atoms with Gasteiger partial charge in [-0.3, -0.25) is 4.90 Å². The molecule has 0 N–H and O–H groups in total. The van der Waals surface area contributed by atoms with Crippen LogP contribution in [0.4, 0.5) is 0 Å². The van der Waals surface area contributed by atoms with Crippen LogP contribution < -0.4 is 0 Å². The molecule has 0 bridgehead atoms. The number of nitrogens with zero attached hydrogens (tertiary/aromatic N) is 2. The lowest BCUT2D eigenvalue weighted by Crippen LogP contribution is -2.59. The monoisotopic (exact) mass is 154 g/mol. The third-order valence-corrected chi connectivity index (χ3v) is 3.58. The summed E-state index contributed by atoms with van der Waals surface area (Å²) in [5, 5.41) is 0. The first-order valence-corrected chi connectivity index (χ1v) is 4.70. The lowest BCUT2D eigenvalue weighted by Gasteiger charge is -2.48. The van der Waals surface area contributed by atoms with Crippen molar-refractivity contribution in [1.82, 2.24) is 9.80 Å². The molecule has 2 aliphatic rings. The van der Waals surface area contributed by atoms with E-state index in [0.717, 1.165) is 0 Å². The molecule has 64 valence electrons. The molecule has 2 saturated heterocycles. The van der Waals surface area contributed by atoms with Gasteiger partial charge in [0, 0.05) is 25.2 Å². The van der Waals surface area contributed by atoms with Crippen LogP contribution in [0.15, 0.2) is 0 Å². The van der Waals surface area contributed by atoms with Crippen molar-refractivity contribution in [2.45, 2.75) is 25.3 Å². The first kappa shape index (κ1) is 7.56. The van der Waals surface area contributed by atoms with E-state index in [1.165, 1.54) is 39.0 Å². The molecule has 1 atom stereocenters. The molecule has 1 unspecified atom stereocenters. The van der Waals surface area contributed by atoms with Crippen molar-refractivity contribution in [1.29, 1.82) is 0 Å². The normalized spacial score (nSPS) is 39.8. The molecule has 2 nitrogen and oxygen atoms in total. The van der Waals surface area contributed by atoms with Crippen LogP contribution in [-0.2, 0) is 0 Å². The Hall–Kier alpha value is -0.0800. The highest BCUT2D eigenvalue weighted by Gasteiger charge is 2.46. The molecule has 0 aromatic heterocycles. The van der Waals surface area contributed by atoms with Gasteiger partial charge in [-0.25, -0.2) is 0 Å². The summed E-state index contributed by atoms with van der Waals surface area (Å²) in [7, 11) is 2.27. The lowest BCUT2D eigenvalue weighted by molar-refractivity contribution is 0.0200. The van der Waals surface area contributed by atoms with Crippen molar-refractivity contribution < 1.29 is 0 Å². The van der Waals surface area contributed by atoms with E-state index in [9.17, 15) is 0 Å². The van der Waals surface area contributed by atoms with E-state index in [0.29, 0.717) is 5.54 Å². The first-order valence-electron chi connectivity index (χ1n) is 4.70. The highest BCUT2D eigenvalue weighted by Crippen LogP contribution is 2.37. The summed E-state index contributed by atoms with van der Waals surface area (Å²) < 4.78 is 0. The molecule has 2 rings (SSSR count). The zero-order valence-electron chi connectivity index (χ0n) is 7.64. The fraction of sp³-hybridized carbons (Fsp3) is 1.00. The fourth-order valence-electron chi connectivity index (χ4n) is 2.38. The summed E-state index contributed by atoms with van der Waals surface area (Å²) in [6.45, 7) is 7.45. The number of likely N-dealkylation sites (tertiary alicyclic amines) is 2. The molecule has 0 amide bonds.